The Kier molecular flexibility index (Phi) is 6.09. The number of azo groups is 1. The summed E-state index contributed by atoms with van der Waals surface area (Å²) >= 11 is 0. The SMILES string of the molecule is COc1ccc(S(=O)(=O)O)cc1N=Nc1cc(OC(C)C(=O)O)c2ccccc2c1O. The van der Waals surface area contributed by atoms with E-state index < -0.39 is 27.1 Å². The minimum atomic E-state index is -4.48. The highest BCUT2D eigenvalue weighted by Gasteiger charge is 2.18. The number of benzene rings is 3. The third-order valence-corrected chi connectivity index (χ3v) is 5.17. The lowest BCUT2D eigenvalue weighted by atomic mass is 10.1. The Balaban J connectivity index is 2.12. The second kappa shape index (κ2) is 8.58. The molecule has 3 rings (SSSR count). The molecule has 3 aromatic rings. The van der Waals surface area contributed by atoms with Crippen LogP contribution in [0.3, 0.4) is 0 Å². The van der Waals surface area contributed by atoms with Crippen molar-refractivity contribution in [3.63, 3.8) is 0 Å². The quantitative estimate of drug-likeness (QED) is 0.362. The summed E-state index contributed by atoms with van der Waals surface area (Å²) in [7, 11) is -3.14. The summed E-state index contributed by atoms with van der Waals surface area (Å²) in [6.07, 6.45) is -1.16. The van der Waals surface area contributed by atoms with Crippen LogP contribution in [0.5, 0.6) is 17.2 Å². The van der Waals surface area contributed by atoms with Gasteiger partial charge in [0.05, 0.1) is 12.0 Å². The maximum absolute atomic E-state index is 11.4. The number of phenolic OH excluding ortho intramolecular Hbond substituents is 1. The van der Waals surface area contributed by atoms with Crippen LogP contribution in [0, 0.1) is 0 Å². The van der Waals surface area contributed by atoms with Crippen molar-refractivity contribution in [2.24, 2.45) is 10.2 Å². The summed E-state index contributed by atoms with van der Waals surface area (Å²) in [6, 6.07) is 11.4. The van der Waals surface area contributed by atoms with E-state index >= 15 is 0 Å². The Morgan fingerprint density at radius 1 is 1.00 bits per heavy atom. The van der Waals surface area contributed by atoms with Crippen LogP contribution in [-0.4, -0.2) is 42.4 Å². The van der Waals surface area contributed by atoms with Gasteiger partial charge < -0.3 is 19.7 Å². The first kappa shape index (κ1) is 22.0. The Labute approximate surface area is 177 Å². The van der Waals surface area contributed by atoms with Gasteiger partial charge in [0.2, 0.25) is 0 Å². The molecule has 10 nitrogen and oxygen atoms in total. The van der Waals surface area contributed by atoms with Gasteiger partial charge in [-0.2, -0.15) is 8.42 Å². The number of aliphatic carboxylic acids is 1. The fourth-order valence-electron chi connectivity index (χ4n) is 2.74. The summed E-state index contributed by atoms with van der Waals surface area (Å²) in [6.45, 7) is 1.36. The van der Waals surface area contributed by atoms with E-state index in [1.807, 2.05) is 0 Å². The molecule has 3 aromatic carbocycles. The van der Waals surface area contributed by atoms with E-state index in [1.165, 1.54) is 26.2 Å². The van der Waals surface area contributed by atoms with Crippen molar-refractivity contribution in [2.75, 3.05) is 7.11 Å². The average molecular weight is 446 g/mol. The molecule has 0 fully saturated rings. The van der Waals surface area contributed by atoms with E-state index in [9.17, 15) is 22.9 Å². The van der Waals surface area contributed by atoms with E-state index in [1.54, 1.807) is 24.3 Å². The van der Waals surface area contributed by atoms with Gasteiger partial charge in [-0.15, -0.1) is 10.2 Å². The molecule has 0 heterocycles. The fraction of sp³-hybridized carbons (Fsp3) is 0.150. The Morgan fingerprint density at radius 3 is 2.26 bits per heavy atom. The highest BCUT2D eigenvalue weighted by molar-refractivity contribution is 7.85. The normalized spacial score (nSPS) is 12.7. The molecule has 0 saturated heterocycles. The molecule has 162 valence electrons. The number of hydrogen-bond acceptors (Lipinski definition) is 8. The van der Waals surface area contributed by atoms with Crippen molar-refractivity contribution in [3.8, 4) is 17.2 Å². The average Bonchev–Trinajstić information content (AvgIpc) is 2.73. The molecule has 31 heavy (non-hydrogen) atoms. The molecule has 0 aromatic heterocycles. The third kappa shape index (κ3) is 4.73. The Morgan fingerprint density at radius 2 is 1.65 bits per heavy atom. The van der Waals surface area contributed by atoms with Crippen LogP contribution in [0.25, 0.3) is 10.8 Å². The van der Waals surface area contributed by atoms with E-state index in [0.29, 0.717) is 10.8 Å². The number of hydrogen-bond donors (Lipinski definition) is 3. The van der Waals surface area contributed by atoms with Crippen molar-refractivity contribution in [2.45, 2.75) is 17.9 Å². The molecule has 0 bridgehead atoms. The predicted molar refractivity (Wildman–Crippen MR) is 110 cm³/mol. The highest BCUT2D eigenvalue weighted by atomic mass is 32.2. The lowest BCUT2D eigenvalue weighted by Crippen LogP contribution is -2.22. The number of carbonyl (C=O) groups is 1. The Bertz CT molecular complexity index is 1290. The zero-order valence-corrected chi connectivity index (χ0v) is 17.2. The number of carboxylic acids is 1. The molecule has 0 radical (unpaired) electrons. The van der Waals surface area contributed by atoms with Crippen molar-refractivity contribution in [1.82, 2.24) is 0 Å². The standard InChI is InChI=1S/C20H18N2O8S/c1-11(20(24)25)30-18-10-16(19(23)14-6-4-3-5-13(14)18)22-21-15-9-12(31(26,27)28)7-8-17(15)29-2/h3-11,23H,1-2H3,(H,24,25)(H,26,27,28). The zero-order chi connectivity index (χ0) is 22.8. The van der Waals surface area contributed by atoms with E-state index in [-0.39, 0.29) is 28.6 Å². The smallest absolute Gasteiger partial charge is 0.344 e. The molecule has 3 N–H and O–H groups in total. The highest BCUT2D eigenvalue weighted by Crippen LogP contribution is 2.42. The first-order valence-electron chi connectivity index (χ1n) is 8.83. The summed E-state index contributed by atoms with van der Waals surface area (Å²) in [4.78, 5) is 10.8. The molecule has 1 unspecified atom stereocenters. The third-order valence-electron chi connectivity index (χ3n) is 4.32. The summed E-state index contributed by atoms with van der Waals surface area (Å²) in [5.41, 5.74) is -0.0721. The number of rotatable bonds is 7. The van der Waals surface area contributed by atoms with Gasteiger partial charge in [-0.3, -0.25) is 4.55 Å². The minimum absolute atomic E-state index is 0.0217. The lowest BCUT2D eigenvalue weighted by molar-refractivity contribution is -0.144. The predicted octanol–water partition coefficient (Wildman–Crippen LogP) is 4.07. The maximum atomic E-state index is 11.4. The molecule has 1 atom stereocenters. The van der Waals surface area contributed by atoms with Gasteiger partial charge in [0.25, 0.3) is 10.1 Å². The van der Waals surface area contributed by atoms with Crippen molar-refractivity contribution >= 4 is 38.2 Å². The zero-order valence-electron chi connectivity index (χ0n) is 16.4. The van der Waals surface area contributed by atoms with Crippen LogP contribution in [0.15, 0.2) is 63.7 Å². The van der Waals surface area contributed by atoms with E-state index in [2.05, 4.69) is 10.2 Å². The second-order valence-electron chi connectivity index (χ2n) is 6.40. The number of aromatic hydroxyl groups is 1. The molecule has 0 aliphatic heterocycles. The van der Waals surface area contributed by atoms with Crippen LogP contribution in [0.1, 0.15) is 6.92 Å². The first-order valence-corrected chi connectivity index (χ1v) is 10.3. The van der Waals surface area contributed by atoms with Gasteiger partial charge >= 0.3 is 5.97 Å². The first-order chi connectivity index (χ1) is 14.6. The van der Waals surface area contributed by atoms with Crippen LogP contribution >= 0.6 is 0 Å². The van der Waals surface area contributed by atoms with Crippen molar-refractivity contribution in [1.29, 1.82) is 0 Å². The molecule has 0 saturated carbocycles. The van der Waals surface area contributed by atoms with Crippen molar-refractivity contribution < 1.29 is 37.5 Å². The molecule has 0 amide bonds. The summed E-state index contributed by atoms with van der Waals surface area (Å²) in [5, 5.41) is 28.5. The fourth-order valence-corrected chi connectivity index (χ4v) is 3.24. The summed E-state index contributed by atoms with van der Waals surface area (Å²) in [5.74, 6) is -1.07. The maximum Gasteiger partial charge on any atom is 0.344 e. The number of methoxy groups -OCH3 is 1. The van der Waals surface area contributed by atoms with Crippen LogP contribution < -0.4 is 9.47 Å². The van der Waals surface area contributed by atoms with Gasteiger partial charge in [-0.05, 0) is 25.1 Å². The van der Waals surface area contributed by atoms with Gasteiger partial charge in [-0.25, -0.2) is 4.79 Å². The minimum Gasteiger partial charge on any atom is -0.505 e. The van der Waals surface area contributed by atoms with Crippen LogP contribution in [0.2, 0.25) is 0 Å². The second-order valence-corrected chi connectivity index (χ2v) is 7.82. The molecular formula is C20H18N2O8S. The number of phenols is 1. The van der Waals surface area contributed by atoms with Crippen LogP contribution in [-0.2, 0) is 14.9 Å². The van der Waals surface area contributed by atoms with Crippen molar-refractivity contribution in [3.05, 3.63) is 48.5 Å². The van der Waals surface area contributed by atoms with Gasteiger partial charge in [0, 0.05) is 16.8 Å². The molecule has 0 spiro atoms. The largest absolute Gasteiger partial charge is 0.505 e. The lowest BCUT2D eigenvalue weighted by Gasteiger charge is -2.14. The molecule has 0 aliphatic carbocycles. The monoisotopic (exact) mass is 446 g/mol. The summed E-state index contributed by atoms with van der Waals surface area (Å²) < 4.78 is 42.7. The molecule has 0 aliphatic rings. The molecular weight excluding hydrogens is 428 g/mol. The number of carboxylic acid groups (broad SMARTS) is 1. The van der Waals surface area contributed by atoms with Gasteiger partial charge in [0.15, 0.2) is 11.9 Å². The number of fused-ring (bicyclic) bond motifs is 1. The van der Waals surface area contributed by atoms with Gasteiger partial charge in [-0.1, -0.05) is 24.3 Å². The number of ether oxygens (including phenoxy) is 2. The van der Waals surface area contributed by atoms with E-state index in [0.717, 1.165) is 12.1 Å². The van der Waals surface area contributed by atoms with Crippen LogP contribution in [0.4, 0.5) is 11.4 Å². The van der Waals surface area contributed by atoms with Gasteiger partial charge in [0.1, 0.15) is 22.9 Å². The Hall–Kier alpha value is -3.70. The number of nitrogens with zero attached hydrogens (tertiary/aromatic N) is 2. The molecule has 11 heteroatoms. The van der Waals surface area contributed by atoms with E-state index in [4.69, 9.17) is 14.6 Å². The topological polar surface area (TPSA) is 155 Å².